The SMILES string of the molecule is NCc1ccc(NC(=O)c2ccn[nH]2)cc1. The average Bonchev–Trinajstić information content (AvgIpc) is 2.83. The van der Waals surface area contributed by atoms with Gasteiger partial charge in [0.1, 0.15) is 5.69 Å². The van der Waals surface area contributed by atoms with Crippen LogP contribution in [0.1, 0.15) is 16.1 Å². The highest BCUT2D eigenvalue weighted by atomic mass is 16.1. The monoisotopic (exact) mass is 216 g/mol. The number of nitrogens with one attached hydrogen (secondary N) is 2. The van der Waals surface area contributed by atoms with E-state index in [9.17, 15) is 4.79 Å². The van der Waals surface area contributed by atoms with Gasteiger partial charge in [0.15, 0.2) is 0 Å². The van der Waals surface area contributed by atoms with Gasteiger partial charge in [0.05, 0.1) is 0 Å². The summed E-state index contributed by atoms with van der Waals surface area (Å²) in [6.45, 7) is 0.495. The normalized spacial score (nSPS) is 10.1. The molecular formula is C11H12N4O. The number of nitrogens with zero attached hydrogens (tertiary/aromatic N) is 1. The second kappa shape index (κ2) is 4.59. The van der Waals surface area contributed by atoms with Crippen LogP contribution in [-0.2, 0) is 6.54 Å². The number of aromatic nitrogens is 2. The van der Waals surface area contributed by atoms with Crippen LogP contribution in [0.25, 0.3) is 0 Å². The van der Waals surface area contributed by atoms with Crippen molar-refractivity contribution >= 4 is 11.6 Å². The zero-order chi connectivity index (χ0) is 11.4. The maximum atomic E-state index is 11.6. The maximum absolute atomic E-state index is 11.6. The number of carbonyl (C=O) groups excluding carboxylic acids is 1. The Hall–Kier alpha value is -2.14. The number of hydrogen-bond acceptors (Lipinski definition) is 3. The summed E-state index contributed by atoms with van der Waals surface area (Å²) in [5.74, 6) is -0.210. The fraction of sp³-hybridized carbons (Fsp3) is 0.0909. The third-order valence-corrected chi connectivity index (χ3v) is 2.19. The first-order valence-electron chi connectivity index (χ1n) is 4.89. The molecule has 0 radical (unpaired) electrons. The van der Waals surface area contributed by atoms with E-state index in [2.05, 4.69) is 15.5 Å². The molecule has 0 atom stereocenters. The van der Waals surface area contributed by atoms with Crippen LogP contribution < -0.4 is 11.1 Å². The van der Waals surface area contributed by atoms with Gasteiger partial charge in [-0.15, -0.1) is 0 Å². The molecule has 1 heterocycles. The largest absolute Gasteiger partial charge is 0.326 e. The van der Waals surface area contributed by atoms with Crippen molar-refractivity contribution in [3.8, 4) is 0 Å². The highest BCUT2D eigenvalue weighted by Crippen LogP contribution is 2.10. The highest BCUT2D eigenvalue weighted by molar-refractivity contribution is 6.02. The minimum atomic E-state index is -0.210. The molecule has 2 rings (SSSR count). The van der Waals surface area contributed by atoms with Crippen LogP contribution in [0.3, 0.4) is 0 Å². The van der Waals surface area contributed by atoms with E-state index in [0.29, 0.717) is 12.2 Å². The first-order valence-corrected chi connectivity index (χ1v) is 4.89. The highest BCUT2D eigenvalue weighted by Gasteiger charge is 2.06. The Kier molecular flexibility index (Phi) is 2.98. The molecule has 5 nitrogen and oxygen atoms in total. The Balaban J connectivity index is 2.06. The Morgan fingerprint density at radius 1 is 1.31 bits per heavy atom. The number of H-pyrrole nitrogens is 1. The predicted molar refractivity (Wildman–Crippen MR) is 60.9 cm³/mol. The number of carbonyl (C=O) groups is 1. The lowest BCUT2D eigenvalue weighted by atomic mass is 10.2. The zero-order valence-corrected chi connectivity index (χ0v) is 8.60. The summed E-state index contributed by atoms with van der Waals surface area (Å²) < 4.78 is 0. The van der Waals surface area contributed by atoms with Crippen molar-refractivity contribution in [3.05, 3.63) is 47.8 Å². The minimum Gasteiger partial charge on any atom is -0.326 e. The molecule has 0 unspecified atom stereocenters. The summed E-state index contributed by atoms with van der Waals surface area (Å²) >= 11 is 0. The molecule has 4 N–H and O–H groups in total. The molecule has 16 heavy (non-hydrogen) atoms. The number of anilines is 1. The van der Waals surface area contributed by atoms with Crippen LogP contribution in [0, 0.1) is 0 Å². The molecule has 2 aromatic rings. The van der Waals surface area contributed by atoms with Crippen LogP contribution in [0.5, 0.6) is 0 Å². The second-order valence-corrected chi connectivity index (χ2v) is 3.33. The van der Waals surface area contributed by atoms with Gasteiger partial charge in [-0.3, -0.25) is 9.89 Å². The van der Waals surface area contributed by atoms with Crippen molar-refractivity contribution in [3.63, 3.8) is 0 Å². The molecule has 0 bridgehead atoms. The van der Waals surface area contributed by atoms with E-state index in [1.54, 1.807) is 6.07 Å². The van der Waals surface area contributed by atoms with E-state index in [0.717, 1.165) is 11.3 Å². The third-order valence-electron chi connectivity index (χ3n) is 2.19. The molecule has 82 valence electrons. The molecule has 0 saturated heterocycles. The summed E-state index contributed by atoms with van der Waals surface area (Å²) in [6, 6.07) is 9.00. The number of aromatic amines is 1. The molecule has 1 aromatic heterocycles. The van der Waals surface area contributed by atoms with Crippen molar-refractivity contribution in [1.29, 1.82) is 0 Å². The number of amides is 1. The van der Waals surface area contributed by atoms with Gasteiger partial charge < -0.3 is 11.1 Å². The Morgan fingerprint density at radius 3 is 2.62 bits per heavy atom. The number of rotatable bonds is 3. The van der Waals surface area contributed by atoms with Crippen LogP contribution in [0.15, 0.2) is 36.5 Å². The van der Waals surface area contributed by atoms with Gasteiger partial charge >= 0.3 is 0 Å². The topological polar surface area (TPSA) is 83.8 Å². The quantitative estimate of drug-likeness (QED) is 0.718. The molecule has 0 fully saturated rings. The van der Waals surface area contributed by atoms with Crippen molar-refractivity contribution in [2.75, 3.05) is 5.32 Å². The average molecular weight is 216 g/mol. The van der Waals surface area contributed by atoms with Gasteiger partial charge in [-0.25, -0.2) is 0 Å². The molecule has 0 spiro atoms. The van der Waals surface area contributed by atoms with E-state index < -0.39 is 0 Å². The van der Waals surface area contributed by atoms with Crippen molar-refractivity contribution in [1.82, 2.24) is 10.2 Å². The summed E-state index contributed by atoms with van der Waals surface area (Å²) in [6.07, 6.45) is 1.53. The molecule has 0 aliphatic carbocycles. The van der Waals surface area contributed by atoms with Gasteiger partial charge in [-0.1, -0.05) is 12.1 Å². The van der Waals surface area contributed by atoms with Gasteiger partial charge in [-0.05, 0) is 23.8 Å². The fourth-order valence-corrected chi connectivity index (χ4v) is 1.30. The summed E-state index contributed by atoms with van der Waals surface area (Å²) in [5.41, 5.74) is 7.67. The smallest absolute Gasteiger partial charge is 0.273 e. The van der Waals surface area contributed by atoms with Crippen LogP contribution in [0.2, 0.25) is 0 Å². The second-order valence-electron chi connectivity index (χ2n) is 3.33. The lowest BCUT2D eigenvalue weighted by molar-refractivity contribution is 0.102. The third kappa shape index (κ3) is 2.26. The molecule has 0 aliphatic rings. The van der Waals surface area contributed by atoms with Crippen molar-refractivity contribution in [2.24, 2.45) is 5.73 Å². The van der Waals surface area contributed by atoms with Crippen LogP contribution in [0.4, 0.5) is 5.69 Å². The molecule has 5 heteroatoms. The Bertz CT molecular complexity index is 461. The van der Waals surface area contributed by atoms with E-state index in [4.69, 9.17) is 5.73 Å². The first kappa shape index (κ1) is 10.4. The Labute approximate surface area is 92.7 Å². The fourth-order valence-electron chi connectivity index (χ4n) is 1.30. The first-order chi connectivity index (χ1) is 7.79. The minimum absolute atomic E-state index is 0.210. The lowest BCUT2D eigenvalue weighted by Crippen LogP contribution is -2.12. The van der Waals surface area contributed by atoms with Crippen molar-refractivity contribution < 1.29 is 4.79 Å². The summed E-state index contributed by atoms with van der Waals surface area (Å²) in [5, 5.41) is 9.05. The number of benzene rings is 1. The molecule has 0 aliphatic heterocycles. The summed E-state index contributed by atoms with van der Waals surface area (Å²) in [7, 11) is 0. The molecule has 1 amide bonds. The number of nitrogens with two attached hydrogens (primary N) is 1. The van der Waals surface area contributed by atoms with Gasteiger partial charge in [0.25, 0.3) is 5.91 Å². The van der Waals surface area contributed by atoms with Crippen LogP contribution >= 0.6 is 0 Å². The predicted octanol–water partition coefficient (Wildman–Crippen LogP) is 1.12. The van der Waals surface area contributed by atoms with Gasteiger partial charge in [0, 0.05) is 18.4 Å². The summed E-state index contributed by atoms with van der Waals surface area (Å²) in [4.78, 5) is 11.6. The molecule has 1 aromatic carbocycles. The zero-order valence-electron chi connectivity index (χ0n) is 8.60. The van der Waals surface area contributed by atoms with Crippen molar-refractivity contribution in [2.45, 2.75) is 6.54 Å². The number of hydrogen-bond donors (Lipinski definition) is 3. The van der Waals surface area contributed by atoms with E-state index >= 15 is 0 Å². The van der Waals surface area contributed by atoms with Gasteiger partial charge in [-0.2, -0.15) is 5.10 Å². The molecular weight excluding hydrogens is 204 g/mol. The van der Waals surface area contributed by atoms with Gasteiger partial charge in [0.2, 0.25) is 0 Å². The van der Waals surface area contributed by atoms with E-state index in [1.165, 1.54) is 6.20 Å². The molecule has 0 saturated carbocycles. The Morgan fingerprint density at radius 2 is 2.06 bits per heavy atom. The van der Waals surface area contributed by atoms with Crippen LogP contribution in [-0.4, -0.2) is 16.1 Å². The lowest BCUT2D eigenvalue weighted by Gasteiger charge is -2.04. The standard InChI is InChI=1S/C11H12N4O/c12-7-8-1-3-9(4-2-8)14-11(16)10-5-6-13-15-10/h1-6H,7,12H2,(H,13,15)(H,14,16). The maximum Gasteiger partial charge on any atom is 0.273 e. The van der Waals surface area contributed by atoms with E-state index in [-0.39, 0.29) is 5.91 Å². The van der Waals surface area contributed by atoms with E-state index in [1.807, 2.05) is 24.3 Å².